The Hall–Kier alpha value is -0.0800. The second-order valence-electron chi connectivity index (χ2n) is 5.88. The first-order chi connectivity index (χ1) is 7.44. The Balaban J connectivity index is 3.01. The second-order valence-corrected chi connectivity index (χ2v) is 5.88. The van der Waals surface area contributed by atoms with Crippen LogP contribution < -0.4 is 0 Å². The highest BCUT2D eigenvalue weighted by Gasteiger charge is 2.47. The Morgan fingerprint density at radius 3 is 2.31 bits per heavy atom. The fraction of sp³-hybridized carbons (Fsp3) is 1.00. The SMILES string of the molecule is CCC1(C)CCC(C)C(C)(CC)N1CCO. The fourth-order valence-corrected chi connectivity index (χ4v) is 3.39. The lowest BCUT2D eigenvalue weighted by atomic mass is 9.69. The first-order valence-electron chi connectivity index (χ1n) is 6.83. The van der Waals surface area contributed by atoms with E-state index in [9.17, 15) is 5.11 Å². The van der Waals surface area contributed by atoms with E-state index in [0.29, 0.717) is 0 Å². The summed E-state index contributed by atoms with van der Waals surface area (Å²) in [7, 11) is 0. The molecular formula is C14H29NO. The number of piperidine rings is 1. The topological polar surface area (TPSA) is 23.5 Å². The molecule has 16 heavy (non-hydrogen) atoms. The zero-order valence-corrected chi connectivity index (χ0v) is 11.7. The van der Waals surface area contributed by atoms with E-state index in [2.05, 4.69) is 39.5 Å². The Bertz CT molecular complexity index is 231. The van der Waals surface area contributed by atoms with Crippen LogP contribution in [0.5, 0.6) is 0 Å². The van der Waals surface area contributed by atoms with Crippen LogP contribution in [0.25, 0.3) is 0 Å². The van der Waals surface area contributed by atoms with E-state index in [4.69, 9.17) is 0 Å². The molecule has 1 heterocycles. The summed E-state index contributed by atoms with van der Waals surface area (Å²) in [6.07, 6.45) is 4.93. The third-order valence-corrected chi connectivity index (χ3v) is 5.25. The summed E-state index contributed by atoms with van der Waals surface area (Å²) in [5, 5.41) is 9.32. The van der Waals surface area contributed by atoms with Gasteiger partial charge >= 0.3 is 0 Å². The number of hydrogen-bond donors (Lipinski definition) is 1. The van der Waals surface area contributed by atoms with E-state index in [0.717, 1.165) is 12.5 Å². The average molecular weight is 227 g/mol. The molecule has 0 aliphatic carbocycles. The lowest BCUT2D eigenvalue weighted by molar-refractivity contribution is -0.0884. The summed E-state index contributed by atoms with van der Waals surface area (Å²) in [5.74, 6) is 0.726. The van der Waals surface area contributed by atoms with Crippen molar-refractivity contribution in [3.63, 3.8) is 0 Å². The summed E-state index contributed by atoms with van der Waals surface area (Å²) in [6.45, 7) is 12.8. The van der Waals surface area contributed by atoms with Gasteiger partial charge in [0.1, 0.15) is 0 Å². The monoisotopic (exact) mass is 227 g/mol. The minimum Gasteiger partial charge on any atom is -0.395 e. The molecule has 0 aromatic heterocycles. The van der Waals surface area contributed by atoms with Crippen LogP contribution in [-0.4, -0.2) is 34.2 Å². The highest BCUT2D eigenvalue weighted by molar-refractivity contribution is 5.03. The van der Waals surface area contributed by atoms with E-state index >= 15 is 0 Å². The van der Waals surface area contributed by atoms with Crippen LogP contribution in [-0.2, 0) is 0 Å². The van der Waals surface area contributed by atoms with Gasteiger partial charge in [0.25, 0.3) is 0 Å². The van der Waals surface area contributed by atoms with Gasteiger partial charge in [0.15, 0.2) is 0 Å². The van der Waals surface area contributed by atoms with Gasteiger partial charge in [0.05, 0.1) is 6.61 Å². The third kappa shape index (κ3) is 2.14. The van der Waals surface area contributed by atoms with E-state index in [-0.39, 0.29) is 17.7 Å². The van der Waals surface area contributed by atoms with Gasteiger partial charge in [-0.2, -0.15) is 0 Å². The summed E-state index contributed by atoms with van der Waals surface area (Å²) < 4.78 is 0. The molecule has 1 aliphatic heterocycles. The second kappa shape index (κ2) is 5.05. The predicted octanol–water partition coefficient (Wildman–Crippen LogP) is 3.05. The van der Waals surface area contributed by atoms with Crippen molar-refractivity contribution < 1.29 is 5.11 Å². The quantitative estimate of drug-likeness (QED) is 0.798. The maximum atomic E-state index is 9.32. The van der Waals surface area contributed by atoms with Crippen molar-refractivity contribution >= 4 is 0 Å². The molecule has 2 nitrogen and oxygen atoms in total. The summed E-state index contributed by atoms with van der Waals surface area (Å²) in [6, 6.07) is 0. The van der Waals surface area contributed by atoms with Crippen molar-refractivity contribution in [2.75, 3.05) is 13.2 Å². The lowest BCUT2D eigenvalue weighted by Gasteiger charge is -2.58. The molecule has 0 bridgehead atoms. The van der Waals surface area contributed by atoms with Crippen molar-refractivity contribution in [3.05, 3.63) is 0 Å². The molecule has 3 atom stereocenters. The Kier molecular flexibility index (Phi) is 4.42. The smallest absolute Gasteiger partial charge is 0.0558 e. The van der Waals surface area contributed by atoms with Gasteiger partial charge in [-0.3, -0.25) is 4.90 Å². The summed E-state index contributed by atoms with van der Waals surface area (Å²) >= 11 is 0. The van der Waals surface area contributed by atoms with E-state index in [1.807, 2.05) is 0 Å². The standard InChI is InChI=1S/C14H29NO/c1-6-13(4)9-8-12(3)14(5,7-2)15(13)10-11-16/h12,16H,6-11H2,1-5H3. The van der Waals surface area contributed by atoms with Crippen LogP contribution in [0.2, 0.25) is 0 Å². The van der Waals surface area contributed by atoms with E-state index in [1.165, 1.54) is 25.7 Å². The number of rotatable bonds is 4. The minimum atomic E-state index is 0.256. The van der Waals surface area contributed by atoms with E-state index in [1.54, 1.807) is 0 Å². The van der Waals surface area contributed by atoms with Gasteiger partial charge in [0.2, 0.25) is 0 Å². The molecule has 0 aromatic carbocycles. The maximum Gasteiger partial charge on any atom is 0.0558 e. The van der Waals surface area contributed by atoms with Crippen LogP contribution in [0.1, 0.15) is 60.3 Å². The van der Waals surface area contributed by atoms with Crippen molar-refractivity contribution in [2.45, 2.75) is 71.4 Å². The molecule has 0 radical (unpaired) electrons. The molecule has 1 N–H and O–H groups in total. The molecule has 0 saturated carbocycles. The molecule has 0 amide bonds. The number of nitrogens with zero attached hydrogens (tertiary/aromatic N) is 1. The minimum absolute atomic E-state index is 0.256. The molecule has 96 valence electrons. The van der Waals surface area contributed by atoms with Gasteiger partial charge < -0.3 is 5.11 Å². The number of β-amino-alcohol motifs (C(OH)–C–C–N with tert-alkyl or cyclic N) is 1. The zero-order valence-electron chi connectivity index (χ0n) is 11.7. The average Bonchev–Trinajstić information content (AvgIpc) is 2.30. The predicted molar refractivity (Wildman–Crippen MR) is 69.6 cm³/mol. The van der Waals surface area contributed by atoms with Crippen molar-refractivity contribution in [1.82, 2.24) is 4.90 Å². The lowest BCUT2D eigenvalue weighted by Crippen LogP contribution is -2.64. The van der Waals surface area contributed by atoms with Crippen LogP contribution in [0.4, 0.5) is 0 Å². The molecule has 0 aromatic rings. The first kappa shape index (κ1) is 14.0. The largest absolute Gasteiger partial charge is 0.395 e. The number of likely N-dealkylation sites (tertiary alicyclic amines) is 1. The van der Waals surface area contributed by atoms with Crippen molar-refractivity contribution in [3.8, 4) is 0 Å². The zero-order chi connectivity index (χ0) is 12.4. The number of aliphatic hydroxyl groups is 1. The molecular weight excluding hydrogens is 198 g/mol. The number of hydrogen-bond acceptors (Lipinski definition) is 2. The maximum absolute atomic E-state index is 9.32. The van der Waals surface area contributed by atoms with Crippen molar-refractivity contribution in [2.24, 2.45) is 5.92 Å². The Labute approximate surface area is 101 Å². The van der Waals surface area contributed by atoms with Gasteiger partial charge in [-0.05, 0) is 45.4 Å². The van der Waals surface area contributed by atoms with Gasteiger partial charge in [-0.15, -0.1) is 0 Å². The fourth-order valence-electron chi connectivity index (χ4n) is 3.39. The molecule has 1 fully saturated rings. The van der Waals surface area contributed by atoms with Gasteiger partial charge in [-0.25, -0.2) is 0 Å². The Morgan fingerprint density at radius 2 is 1.88 bits per heavy atom. The normalized spacial score (nSPS) is 41.2. The highest BCUT2D eigenvalue weighted by Crippen LogP contribution is 2.44. The van der Waals surface area contributed by atoms with Gasteiger partial charge in [0, 0.05) is 17.6 Å². The van der Waals surface area contributed by atoms with Crippen LogP contribution in [0.15, 0.2) is 0 Å². The molecule has 2 heteroatoms. The van der Waals surface area contributed by atoms with Crippen LogP contribution in [0.3, 0.4) is 0 Å². The molecule has 0 spiro atoms. The van der Waals surface area contributed by atoms with Crippen LogP contribution >= 0.6 is 0 Å². The summed E-state index contributed by atoms with van der Waals surface area (Å²) in [5.41, 5.74) is 0.533. The first-order valence-corrected chi connectivity index (χ1v) is 6.83. The molecule has 1 aliphatic rings. The van der Waals surface area contributed by atoms with Gasteiger partial charge in [-0.1, -0.05) is 20.8 Å². The highest BCUT2D eigenvalue weighted by atomic mass is 16.3. The third-order valence-electron chi connectivity index (χ3n) is 5.25. The van der Waals surface area contributed by atoms with Crippen LogP contribution in [0, 0.1) is 5.92 Å². The Morgan fingerprint density at radius 1 is 1.25 bits per heavy atom. The van der Waals surface area contributed by atoms with Crippen molar-refractivity contribution in [1.29, 1.82) is 0 Å². The van der Waals surface area contributed by atoms with E-state index < -0.39 is 0 Å². The molecule has 3 unspecified atom stereocenters. The molecule has 1 rings (SSSR count). The number of aliphatic hydroxyl groups excluding tert-OH is 1. The summed E-state index contributed by atoms with van der Waals surface area (Å²) in [4.78, 5) is 2.58. The molecule has 1 saturated heterocycles.